The maximum Gasteiger partial charge on any atom is 0.180 e. The molecule has 19 heavy (non-hydrogen) atoms. The van der Waals surface area contributed by atoms with Gasteiger partial charge in [-0.05, 0) is 24.3 Å². The van der Waals surface area contributed by atoms with E-state index in [1.165, 1.54) is 0 Å². The van der Waals surface area contributed by atoms with Crippen LogP contribution in [0.1, 0.15) is 0 Å². The molecule has 5 heteroatoms. The van der Waals surface area contributed by atoms with Crippen molar-refractivity contribution in [1.82, 2.24) is 19.9 Å². The number of nitrogens with zero attached hydrogens (tertiary/aromatic N) is 4. The summed E-state index contributed by atoms with van der Waals surface area (Å²) in [5.74, 6) is 0.925. The number of nitrogens with two attached hydrogens (primary N) is 1. The number of aromatic nitrogens is 4. The fourth-order valence-electron chi connectivity index (χ4n) is 1.74. The second kappa shape index (κ2) is 4.81. The lowest BCUT2D eigenvalue weighted by Gasteiger charge is -2.05. The average Bonchev–Trinajstić information content (AvgIpc) is 2.48. The second-order valence-electron chi connectivity index (χ2n) is 3.96. The summed E-state index contributed by atoms with van der Waals surface area (Å²) in [5.41, 5.74) is 8.16. The fraction of sp³-hybridized carbons (Fsp3) is 0. The SMILES string of the molecule is Nc1cc(-c2cccnc2)nc(-c2ccccn2)n1. The zero-order chi connectivity index (χ0) is 13.1. The molecule has 0 aliphatic rings. The summed E-state index contributed by atoms with van der Waals surface area (Å²) >= 11 is 0. The number of nitrogen functional groups attached to an aromatic ring is 1. The summed E-state index contributed by atoms with van der Waals surface area (Å²) in [4.78, 5) is 17.0. The van der Waals surface area contributed by atoms with Crippen molar-refractivity contribution < 1.29 is 0 Å². The van der Waals surface area contributed by atoms with Crippen LogP contribution in [-0.2, 0) is 0 Å². The highest BCUT2D eigenvalue weighted by Gasteiger charge is 2.07. The summed E-state index contributed by atoms with van der Waals surface area (Å²) in [6, 6.07) is 11.1. The molecule has 0 fully saturated rings. The Balaban J connectivity index is 2.12. The van der Waals surface area contributed by atoms with Crippen molar-refractivity contribution in [2.45, 2.75) is 0 Å². The van der Waals surface area contributed by atoms with E-state index in [-0.39, 0.29) is 0 Å². The Morgan fingerprint density at radius 1 is 0.895 bits per heavy atom. The molecule has 0 saturated heterocycles. The Labute approximate surface area is 110 Å². The Morgan fingerprint density at radius 2 is 1.84 bits per heavy atom. The van der Waals surface area contributed by atoms with Gasteiger partial charge in [0.2, 0.25) is 0 Å². The van der Waals surface area contributed by atoms with E-state index in [1.54, 1.807) is 24.7 Å². The minimum atomic E-state index is 0.412. The molecule has 0 radical (unpaired) electrons. The van der Waals surface area contributed by atoms with Crippen LogP contribution in [0.3, 0.4) is 0 Å². The van der Waals surface area contributed by atoms with Crippen molar-refractivity contribution in [3.05, 3.63) is 55.0 Å². The maximum atomic E-state index is 5.83. The first-order valence-corrected chi connectivity index (χ1v) is 5.79. The number of hydrogen-bond donors (Lipinski definition) is 1. The van der Waals surface area contributed by atoms with Gasteiger partial charge in [-0.15, -0.1) is 0 Å². The van der Waals surface area contributed by atoms with Crippen molar-refractivity contribution in [3.8, 4) is 22.8 Å². The van der Waals surface area contributed by atoms with Crippen LogP contribution in [-0.4, -0.2) is 19.9 Å². The first-order chi connectivity index (χ1) is 9.33. The van der Waals surface area contributed by atoms with Crippen LogP contribution in [0.4, 0.5) is 5.82 Å². The molecule has 92 valence electrons. The van der Waals surface area contributed by atoms with Gasteiger partial charge in [-0.1, -0.05) is 6.07 Å². The number of pyridine rings is 2. The van der Waals surface area contributed by atoms with E-state index in [4.69, 9.17) is 5.73 Å². The van der Waals surface area contributed by atoms with Crippen LogP contribution < -0.4 is 5.73 Å². The molecule has 0 aliphatic heterocycles. The van der Waals surface area contributed by atoms with Crippen molar-refractivity contribution in [1.29, 1.82) is 0 Å². The van der Waals surface area contributed by atoms with Gasteiger partial charge in [-0.25, -0.2) is 9.97 Å². The molecule has 0 atom stereocenters. The highest BCUT2D eigenvalue weighted by Crippen LogP contribution is 2.21. The van der Waals surface area contributed by atoms with Crippen LogP contribution in [0.25, 0.3) is 22.8 Å². The monoisotopic (exact) mass is 249 g/mol. The highest BCUT2D eigenvalue weighted by atomic mass is 15.0. The van der Waals surface area contributed by atoms with Gasteiger partial charge in [0, 0.05) is 30.2 Å². The predicted molar refractivity (Wildman–Crippen MR) is 72.9 cm³/mol. The summed E-state index contributed by atoms with van der Waals surface area (Å²) in [5, 5.41) is 0. The largest absolute Gasteiger partial charge is 0.384 e. The molecule has 0 saturated carbocycles. The van der Waals surface area contributed by atoms with Crippen LogP contribution in [0, 0.1) is 0 Å². The van der Waals surface area contributed by atoms with Gasteiger partial charge < -0.3 is 5.73 Å². The molecule has 3 aromatic heterocycles. The zero-order valence-electron chi connectivity index (χ0n) is 10.1. The Bertz CT molecular complexity index is 625. The van der Waals surface area contributed by atoms with Gasteiger partial charge in [-0.2, -0.15) is 0 Å². The van der Waals surface area contributed by atoms with Gasteiger partial charge in [0.1, 0.15) is 11.5 Å². The van der Waals surface area contributed by atoms with Crippen molar-refractivity contribution in [3.63, 3.8) is 0 Å². The first kappa shape index (κ1) is 11.3. The average molecular weight is 249 g/mol. The van der Waals surface area contributed by atoms with Gasteiger partial charge in [0.25, 0.3) is 0 Å². The lowest BCUT2D eigenvalue weighted by Crippen LogP contribution is -1.99. The minimum Gasteiger partial charge on any atom is -0.384 e. The van der Waals surface area contributed by atoms with Crippen LogP contribution in [0.2, 0.25) is 0 Å². The van der Waals surface area contributed by atoms with E-state index in [9.17, 15) is 0 Å². The maximum absolute atomic E-state index is 5.83. The van der Waals surface area contributed by atoms with Gasteiger partial charge in [0.15, 0.2) is 5.82 Å². The number of hydrogen-bond acceptors (Lipinski definition) is 5. The molecule has 0 bridgehead atoms. The molecule has 3 aromatic rings. The predicted octanol–water partition coefficient (Wildman–Crippen LogP) is 2.18. The minimum absolute atomic E-state index is 0.412. The number of anilines is 1. The molecule has 0 spiro atoms. The van der Waals surface area contributed by atoms with Crippen molar-refractivity contribution >= 4 is 5.82 Å². The first-order valence-electron chi connectivity index (χ1n) is 5.79. The molecule has 0 aromatic carbocycles. The summed E-state index contributed by atoms with van der Waals surface area (Å²) < 4.78 is 0. The topological polar surface area (TPSA) is 77.6 Å². The Kier molecular flexibility index (Phi) is 2.86. The molecule has 2 N–H and O–H groups in total. The van der Waals surface area contributed by atoms with Crippen LogP contribution in [0.5, 0.6) is 0 Å². The van der Waals surface area contributed by atoms with Crippen LogP contribution >= 0.6 is 0 Å². The molecule has 0 amide bonds. The van der Waals surface area contributed by atoms with E-state index in [2.05, 4.69) is 19.9 Å². The molecular formula is C14H11N5. The third-order valence-electron chi connectivity index (χ3n) is 2.60. The standard InChI is InChI=1S/C14H11N5/c15-13-8-12(10-4-3-6-16-9-10)18-14(19-13)11-5-1-2-7-17-11/h1-9H,(H2,15,18,19). The highest BCUT2D eigenvalue weighted by molar-refractivity contribution is 5.64. The van der Waals surface area contributed by atoms with Crippen LogP contribution in [0.15, 0.2) is 55.0 Å². The molecule has 0 unspecified atom stereocenters. The smallest absolute Gasteiger partial charge is 0.180 e. The zero-order valence-corrected chi connectivity index (χ0v) is 10.1. The normalized spacial score (nSPS) is 10.3. The molecular weight excluding hydrogens is 238 g/mol. The van der Waals surface area contributed by atoms with Crippen molar-refractivity contribution in [2.75, 3.05) is 5.73 Å². The van der Waals surface area contributed by atoms with Gasteiger partial charge in [0.05, 0.1) is 5.69 Å². The second-order valence-corrected chi connectivity index (χ2v) is 3.96. The molecule has 3 heterocycles. The molecule has 5 nitrogen and oxygen atoms in total. The van der Waals surface area contributed by atoms with E-state index in [1.807, 2.05) is 30.3 Å². The van der Waals surface area contributed by atoms with E-state index < -0.39 is 0 Å². The molecule has 0 aliphatic carbocycles. The molecule has 3 rings (SSSR count). The number of rotatable bonds is 2. The lowest BCUT2D eigenvalue weighted by atomic mass is 10.2. The van der Waals surface area contributed by atoms with E-state index in [0.29, 0.717) is 17.3 Å². The third kappa shape index (κ3) is 2.40. The van der Waals surface area contributed by atoms with E-state index >= 15 is 0 Å². The summed E-state index contributed by atoms with van der Waals surface area (Å²) in [7, 11) is 0. The fourth-order valence-corrected chi connectivity index (χ4v) is 1.74. The van der Waals surface area contributed by atoms with Crippen molar-refractivity contribution in [2.24, 2.45) is 0 Å². The van der Waals surface area contributed by atoms with Gasteiger partial charge in [-0.3, -0.25) is 9.97 Å². The van der Waals surface area contributed by atoms with E-state index in [0.717, 1.165) is 11.3 Å². The van der Waals surface area contributed by atoms with Gasteiger partial charge >= 0.3 is 0 Å². The quantitative estimate of drug-likeness (QED) is 0.753. The summed E-state index contributed by atoms with van der Waals surface area (Å²) in [6.45, 7) is 0. The third-order valence-corrected chi connectivity index (χ3v) is 2.60. The summed E-state index contributed by atoms with van der Waals surface area (Å²) in [6.07, 6.45) is 5.16. The Hall–Kier alpha value is -2.82. The Morgan fingerprint density at radius 3 is 2.58 bits per heavy atom. The lowest BCUT2D eigenvalue weighted by molar-refractivity contribution is 1.15.